The molecule has 1 aliphatic heterocycles. The molecule has 0 bridgehead atoms. The average Bonchev–Trinajstić information content (AvgIpc) is 2.85. The number of nitrogens with zero attached hydrogens (tertiary/aromatic N) is 1. The van der Waals surface area contributed by atoms with E-state index in [9.17, 15) is 9.59 Å². The SMILES string of the molecule is CN(Cc1csc2ccccc12)C(=O)N[C@@H]1CCCCNC1=O. The van der Waals surface area contributed by atoms with Crippen molar-refractivity contribution < 1.29 is 9.59 Å². The Bertz CT molecular complexity index is 713. The van der Waals surface area contributed by atoms with Gasteiger partial charge in [0.25, 0.3) is 0 Å². The van der Waals surface area contributed by atoms with E-state index in [2.05, 4.69) is 28.1 Å². The fourth-order valence-electron chi connectivity index (χ4n) is 2.82. The molecule has 1 saturated heterocycles. The summed E-state index contributed by atoms with van der Waals surface area (Å²) in [4.78, 5) is 25.9. The molecule has 6 heteroatoms. The normalized spacial score (nSPS) is 18.3. The number of benzene rings is 1. The van der Waals surface area contributed by atoms with Crippen LogP contribution in [0.1, 0.15) is 24.8 Å². The number of amides is 3. The van der Waals surface area contributed by atoms with Gasteiger partial charge in [0.1, 0.15) is 6.04 Å². The van der Waals surface area contributed by atoms with Crippen molar-refractivity contribution in [3.05, 3.63) is 35.2 Å². The summed E-state index contributed by atoms with van der Waals surface area (Å²) in [5.41, 5.74) is 1.13. The molecule has 2 aromatic rings. The molecule has 2 heterocycles. The van der Waals surface area contributed by atoms with Crippen molar-refractivity contribution in [2.45, 2.75) is 31.8 Å². The summed E-state index contributed by atoms with van der Waals surface area (Å²) in [7, 11) is 1.76. The van der Waals surface area contributed by atoms with Crippen LogP contribution in [0.4, 0.5) is 4.79 Å². The monoisotopic (exact) mass is 331 g/mol. The van der Waals surface area contributed by atoms with E-state index in [0.717, 1.165) is 18.4 Å². The van der Waals surface area contributed by atoms with Crippen molar-refractivity contribution in [2.75, 3.05) is 13.6 Å². The van der Waals surface area contributed by atoms with E-state index in [1.165, 1.54) is 10.1 Å². The molecule has 0 aliphatic carbocycles. The molecular formula is C17H21N3O2S. The van der Waals surface area contributed by atoms with E-state index in [4.69, 9.17) is 0 Å². The topological polar surface area (TPSA) is 61.4 Å². The summed E-state index contributed by atoms with van der Waals surface area (Å²) >= 11 is 1.68. The zero-order valence-electron chi connectivity index (χ0n) is 13.2. The third-order valence-electron chi connectivity index (χ3n) is 4.15. The maximum absolute atomic E-state index is 12.4. The second kappa shape index (κ2) is 7.00. The molecule has 3 amide bonds. The van der Waals surface area contributed by atoms with Gasteiger partial charge in [0.15, 0.2) is 0 Å². The predicted molar refractivity (Wildman–Crippen MR) is 92.5 cm³/mol. The van der Waals surface area contributed by atoms with E-state index in [-0.39, 0.29) is 11.9 Å². The van der Waals surface area contributed by atoms with Gasteiger partial charge in [-0.1, -0.05) is 18.2 Å². The maximum atomic E-state index is 12.4. The van der Waals surface area contributed by atoms with Crippen molar-refractivity contribution in [1.29, 1.82) is 0 Å². The first-order valence-electron chi connectivity index (χ1n) is 7.89. The molecule has 1 aromatic heterocycles. The Morgan fingerprint density at radius 1 is 1.39 bits per heavy atom. The molecule has 0 saturated carbocycles. The first-order chi connectivity index (χ1) is 11.1. The Morgan fingerprint density at radius 2 is 2.22 bits per heavy atom. The summed E-state index contributed by atoms with van der Waals surface area (Å²) < 4.78 is 1.22. The van der Waals surface area contributed by atoms with Crippen LogP contribution in [0.3, 0.4) is 0 Å². The quantitative estimate of drug-likeness (QED) is 0.908. The van der Waals surface area contributed by atoms with Gasteiger partial charge in [0.2, 0.25) is 5.91 Å². The summed E-state index contributed by atoms with van der Waals surface area (Å²) in [6.45, 7) is 1.23. The maximum Gasteiger partial charge on any atom is 0.318 e. The van der Waals surface area contributed by atoms with Crippen LogP contribution in [0.15, 0.2) is 29.6 Å². The highest BCUT2D eigenvalue weighted by atomic mass is 32.1. The molecule has 23 heavy (non-hydrogen) atoms. The smallest absolute Gasteiger partial charge is 0.318 e. The Labute approximate surface area is 139 Å². The lowest BCUT2D eigenvalue weighted by molar-refractivity contribution is -0.122. The van der Waals surface area contributed by atoms with E-state index >= 15 is 0 Å². The minimum Gasteiger partial charge on any atom is -0.354 e. The van der Waals surface area contributed by atoms with Crippen LogP contribution in [0.2, 0.25) is 0 Å². The highest BCUT2D eigenvalue weighted by Crippen LogP contribution is 2.26. The van der Waals surface area contributed by atoms with Crippen LogP contribution >= 0.6 is 11.3 Å². The Kier molecular flexibility index (Phi) is 4.81. The molecule has 1 atom stereocenters. The largest absolute Gasteiger partial charge is 0.354 e. The number of hydrogen-bond donors (Lipinski definition) is 2. The number of urea groups is 1. The van der Waals surface area contributed by atoms with Crippen LogP contribution in [-0.2, 0) is 11.3 Å². The van der Waals surface area contributed by atoms with E-state index in [0.29, 0.717) is 19.5 Å². The summed E-state index contributed by atoms with van der Waals surface area (Å²) in [5.74, 6) is -0.0785. The van der Waals surface area contributed by atoms with Gasteiger partial charge in [-0.05, 0) is 41.7 Å². The van der Waals surface area contributed by atoms with Gasteiger partial charge in [-0.2, -0.15) is 0 Å². The Hall–Kier alpha value is -2.08. The molecule has 1 aliphatic rings. The lowest BCUT2D eigenvalue weighted by atomic mass is 10.1. The first kappa shape index (κ1) is 15.8. The standard InChI is InChI=1S/C17H21N3O2S/c1-20(10-12-11-23-15-8-3-2-6-13(12)15)17(22)19-14-7-4-5-9-18-16(14)21/h2-3,6,8,11,14H,4-5,7,9-10H2,1H3,(H,18,21)(H,19,22)/t14-/m1/s1. The molecule has 3 rings (SSSR count). The molecule has 0 unspecified atom stereocenters. The fraction of sp³-hybridized carbons (Fsp3) is 0.412. The molecule has 0 radical (unpaired) electrons. The van der Waals surface area contributed by atoms with Crippen molar-refractivity contribution in [3.8, 4) is 0 Å². The van der Waals surface area contributed by atoms with Gasteiger partial charge >= 0.3 is 6.03 Å². The molecule has 2 N–H and O–H groups in total. The Balaban J connectivity index is 1.64. The van der Waals surface area contributed by atoms with Gasteiger partial charge in [-0.25, -0.2) is 4.79 Å². The van der Waals surface area contributed by atoms with Crippen molar-refractivity contribution in [3.63, 3.8) is 0 Å². The zero-order valence-corrected chi connectivity index (χ0v) is 14.0. The lowest BCUT2D eigenvalue weighted by Gasteiger charge is -2.22. The predicted octanol–water partition coefficient (Wildman–Crippen LogP) is 2.71. The molecular weight excluding hydrogens is 310 g/mol. The van der Waals surface area contributed by atoms with E-state index < -0.39 is 6.04 Å². The zero-order chi connectivity index (χ0) is 16.2. The molecule has 122 valence electrons. The van der Waals surface area contributed by atoms with Crippen molar-refractivity contribution in [2.24, 2.45) is 0 Å². The second-order valence-electron chi connectivity index (χ2n) is 5.90. The summed E-state index contributed by atoms with van der Waals surface area (Å²) in [6.07, 6.45) is 2.62. The highest BCUT2D eigenvalue weighted by molar-refractivity contribution is 7.17. The number of fused-ring (bicyclic) bond motifs is 1. The van der Waals surface area contributed by atoms with Crippen molar-refractivity contribution in [1.82, 2.24) is 15.5 Å². The van der Waals surface area contributed by atoms with Crippen LogP contribution in [0, 0.1) is 0 Å². The number of nitrogens with one attached hydrogen (secondary N) is 2. The minimum absolute atomic E-state index is 0.0785. The van der Waals surface area contributed by atoms with Crippen LogP contribution in [-0.4, -0.2) is 36.5 Å². The number of rotatable bonds is 3. The molecule has 5 nitrogen and oxygen atoms in total. The Morgan fingerprint density at radius 3 is 3.09 bits per heavy atom. The minimum atomic E-state index is -0.424. The third-order valence-corrected chi connectivity index (χ3v) is 5.16. The molecule has 1 fully saturated rings. The van der Waals surface area contributed by atoms with Crippen LogP contribution in [0.25, 0.3) is 10.1 Å². The van der Waals surface area contributed by atoms with Gasteiger partial charge in [-0.15, -0.1) is 11.3 Å². The molecule has 0 spiro atoms. The van der Waals surface area contributed by atoms with Gasteiger partial charge < -0.3 is 15.5 Å². The summed E-state index contributed by atoms with van der Waals surface area (Å²) in [6, 6.07) is 7.55. The average molecular weight is 331 g/mol. The van der Waals surface area contributed by atoms with Gasteiger partial charge in [0.05, 0.1) is 0 Å². The number of carbonyl (C=O) groups is 2. The van der Waals surface area contributed by atoms with Crippen LogP contribution in [0.5, 0.6) is 0 Å². The third kappa shape index (κ3) is 3.64. The second-order valence-corrected chi connectivity index (χ2v) is 6.81. The fourth-order valence-corrected chi connectivity index (χ4v) is 3.77. The number of hydrogen-bond acceptors (Lipinski definition) is 3. The highest BCUT2D eigenvalue weighted by Gasteiger charge is 2.23. The number of carbonyl (C=O) groups excluding carboxylic acids is 2. The van der Waals surface area contributed by atoms with Crippen molar-refractivity contribution >= 4 is 33.4 Å². The van der Waals surface area contributed by atoms with E-state index in [1.807, 2.05) is 12.1 Å². The first-order valence-corrected chi connectivity index (χ1v) is 8.77. The van der Waals surface area contributed by atoms with Crippen LogP contribution < -0.4 is 10.6 Å². The van der Waals surface area contributed by atoms with Gasteiger partial charge in [-0.3, -0.25) is 4.79 Å². The summed E-state index contributed by atoms with van der Waals surface area (Å²) in [5, 5.41) is 8.96. The lowest BCUT2D eigenvalue weighted by Crippen LogP contribution is -2.49. The van der Waals surface area contributed by atoms with Gasteiger partial charge in [0, 0.05) is 24.8 Å². The molecule has 1 aromatic carbocycles. The van der Waals surface area contributed by atoms with E-state index in [1.54, 1.807) is 23.3 Å². The number of thiophene rings is 1.